The lowest BCUT2D eigenvalue weighted by atomic mass is 10.1. The van der Waals surface area contributed by atoms with Crippen LogP contribution < -0.4 is 10.6 Å². The Balaban J connectivity index is 2.31. The van der Waals surface area contributed by atoms with E-state index in [0.717, 1.165) is 18.7 Å². The van der Waals surface area contributed by atoms with Gasteiger partial charge >= 0.3 is 0 Å². The van der Waals surface area contributed by atoms with Gasteiger partial charge < -0.3 is 10.6 Å². The van der Waals surface area contributed by atoms with E-state index in [0.29, 0.717) is 0 Å². The number of hydrogen-bond acceptors (Lipinski definition) is 2. The van der Waals surface area contributed by atoms with E-state index in [-0.39, 0.29) is 11.9 Å². The van der Waals surface area contributed by atoms with Gasteiger partial charge in [-0.2, -0.15) is 0 Å². The number of carbonyl (C=O) groups is 1. The molecule has 0 radical (unpaired) electrons. The maximum atomic E-state index is 11.7. The van der Waals surface area contributed by atoms with Gasteiger partial charge in [0.25, 0.3) is 0 Å². The van der Waals surface area contributed by atoms with Crippen LogP contribution in [-0.4, -0.2) is 18.5 Å². The maximum absolute atomic E-state index is 11.7. The third-order valence-corrected chi connectivity index (χ3v) is 3.05. The minimum absolute atomic E-state index is 0.0400. The minimum Gasteiger partial charge on any atom is -0.320 e. The number of nitrogens with zero attached hydrogens (tertiary/aromatic N) is 1. The van der Waals surface area contributed by atoms with Crippen LogP contribution in [0.15, 0.2) is 18.2 Å². The first kappa shape index (κ1) is 10.2. The average molecular weight is 204 g/mol. The van der Waals surface area contributed by atoms with E-state index in [1.165, 1.54) is 11.1 Å². The summed E-state index contributed by atoms with van der Waals surface area (Å²) in [6.07, 6.45) is 0.756. The lowest BCUT2D eigenvalue weighted by molar-refractivity contribution is -0.118. The maximum Gasteiger partial charge on any atom is 0.243 e. The van der Waals surface area contributed by atoms with Crippen LogP contribution in [0.2, 0.25) is 0 Å². The van der Waals surface area contributed by atoms with Gasteiger partial charge in [-0.15, -0.1) is 0 Å². The fourth-order valence-corrected chi connectivity index (χ4v) is 1.85. The molecule has 1 aromatic rings. The molecule has 1 saturated heterocycles. The Morgan fingerprint density at radius 3 is 2.60 bits per heavy atom. The minimum atomic E-state index is -0.313. The summed E-state index contributed by atoms with van der Waals surface area (Å²) in [5.41, 5.74) is 9.11. The summed E-state index contributed by atoms with van der Waals surface area (Å²) in [6, 6.07) is 5.76. The normalized spacial score (nSPS) is 21.1. The van der Waals surface area contributed by atoms with E-state index >= 15 is 0 Å². The SMILES string of the molecule is Cc1ccc(N2CCC(N)C2=O)cc1C. The zero-order valence-corrected chi connectivity index (χ0v) is 9.16. The van der Waals surface area contributed by atoms with Crippen LogP contribution in [0.25, 0.3) is 0 Å². The van der Waals surface area contributed by atoms with Gasteiger partial charge in [0.05, 0.1) is 6.04 Å². The van der Waals surface area contributed by atoms with Crippen molar-refractivity contribution in [2.45, 2.75) is 26.3 Å². The Labute approximate surface area is 89.9 Å². The van der Waals surface area contributed by atoms with E-state index in [4.69, 9.17) is 5.73 Å². The number of nitrogens with two attached hydrogens (primary N) is 1. The third-order valence-electron chi connectivity index (χ3n) is 3.05. The molecule has 1 aliphatic rings. The molecule has 1 unspecified atom stereocenters. The molecule has 3 heteroatoms. The second kappa shape index (κ2) is 3.66. The predicted molar refractivity (Wildman–Crippen MR) is 60.9 cm³/mol. The van der Waals surface area contributed by atoms with Gasteiger partial charge in [0, 0.05) is 12.2 Å². The molecule has 0 aliphatic carbocycles. The van der Waals surface area contributed by atoms with E-state index in [1.807, 2.05) is 18.2 Å². The van der Waals surface area contributed by atoms with Gasteiger partial charge in [-0.1, -0.05) is 6.07 Å². The molecule has 3 nitrogen and oxygen atoms in total. The predicted octanol–water partition coefficient (Wildman–Crippen LogP) is 1.37. The molecule has 15 heavy (non-hydrogen) atoms. The largest absolute Gasteiger partial charge is 0.320 e. The Bertz CT molecular complexity index is 401. The molecule has 1 fully saturated rings. The summed E-state index contributed by atoms with van der Waals surface area (Å²) in [5, 5.41) is 0. The van der Waals surface area contributed by atoms with Crippen molar-refractivity contribution >= 4 is 11.6 Å². The van der Waals surface area contributed by atoms with Crippen LogP contribution in [0, 0.1) is 13.8 Å². The van der Waals surface area contributed by atoms with Crippen LogP contribution in [0.4, 0.5) is 5.69 Å². The van der Waals surface area contributed by atoms with E-state index < -0.39 is 0 Å². The van der Waals surface area contributed by atoms with Gasteiger partial charge in [-0.05, 0) is 43.5 Å². The van der Waals surface area contributed by atoms with Crippen LogP contribution in [0.3, 0.4) is 0 Å². The molecule has 0 aromatic heterocycles. The Kier molecular flexibility index (Phi) is 2.49. The molecule has 1 atom stereocenters. The molecule has 1 heterocycles. The lowest BCUT2D eigenvalue weighted by Crippen LogP contribution is -2.33. The molecule has 0 spiro atoms. The van der Waals surface area contributed by atoms with Crippen LogP contribution >= 0.6 is 0 Å². The summed E-state index contributed by atoms with van der Waals surface area (Å²) in [5.74, 6) is 0.0400. The second-order valence-corrected chi connectivity index (χ2v) is 4.15. The number of carbonyl (C=O) groups excluding carboxylic acids is 1. The van der Waals surface area contributed by atoms with Crippen LogP contribution in [0.5, 0.6) is 0 Å². The number of amides is 1. The van der Waals surface area contributed by atoms with Crippen molar-refractivity contribution in [2.24, 2.45) is 5.73 Å². The summed E-state index contributed by atoms with van der Waals surface area (Å²) >= 11 is 0. The highest BCUT2D eigenvalue weighted by atomic mass is 16.2. The highest BCUT2D eigenvalue weighted by molar-refractivity contribution is 5.99. The van der Waals surface area contributed by atoms with Crippen LogP contribution in [-0.2, 0) is 4.79 Å². The number of rotatable bonds is 1. The van der Waals surface area contributed by atoms with Crippen molar-refractivity contribution in [1.29, 1.82) is 0 Å². The standard InChI is InChI=1S/C12H16N2O/c1-8-3-4-10(7-9(8)2)14-6-5-11(13)12(14)15/h3-4,7,11H,5-6,13H2,1-2H3. The number of benzene rings is 1. The zero-order chi connectivity index (χ0) is 11.0. The molecule has 1 aromatic carbocycles. The molecule has 1 amide bonds. The summed E-state index contributed by atoms with van der Waals surface area (Å²) < 4.78 is 0. The van der Waals surface area contributed by atoms with Gasteiger partial charge in [-0.25, -0.2) is 0 Å². The number of anilines is 1. The quantitative estimate of drug-likeness (QED) is 0.751. The molecule has 2 N–H and O–H groups in total. The highest BCUT2D eigenvalue weighted by Crippen LogP contribution is 2.23. The van der Waals surface area contributed by atoms with Gasteiger partial charge in [0.15, 0.2) is 0 Å². The van der Waals surface area contributed by atoms with Gasteiger partial charge in [0.1, 0.15) is 0 Å². The molecule has 0 bridgehead atoms. The lowest BCUT2D eigenvalue weighted by Gasteiger charge is -2.17. The van der Waals surface area contributed by atoms with E-state index in [1.54, 1.807) is 4.90 Å². The van der Waals surface area contributed by atoms with Crippen molar-refractivity contribution in [3.8, 4) is 0 Å². The number of hydrogen-bond donors (Lipinski definition) is 1. The molecule has 0 saturated carbocycles. The summed E-state index contributed by atoms with van der Waals surface area (Å²) in [4.78, 5) is 13.5. The van der Waals surface area contributed by atoms with Crippen molar-refractivity contribution in [2.75, 3.05) is 11.4 Å². The summed E-state index contributed by atoms with van der Waals surface area (Å²) in [7, 11) is 0. The smallest absolute Gasteiger partial charge is 0.243 e. The monoisotopic (exact) mass is 204 g/mol. The molecule has 1 aliphatic heterocycles. The van der Waals surface area contributed by atoms with Crippen molar-refractivity contribution in [3.63, 3.8) is 0 Å². The Morgan fingerprint density at radius 1 is 1.33 bits per heavy atom. The van der Waals surface area contributed by atoms with Gasteiger partial charge in [-0.3, -0.25) is 4.79 Å². The fourth-order valence-electron chi connectivity index (χ4n) is 1.85. The zero-order valence-electron chi connectivity index (χ0n) is 9.16. The highest BCUT2D eigenvalue weighted by Gasteiger charge is 2.29. The first-order valence-electron chi connectivity index (χ1n) is 5.24. The first-order valence-corrected chi connectivity index (χ1v) is 5.24. The van der Waals surface area contributed by atoms with E-state index in [9.17, 15) is 4.79 Å². The average Bonchev–Trinajstić information content (AvgIpc) is 2.53. The Morgan fingerprint density at radius 2 is 2.07 bits per heavy atom. The fraction of sp³-hybridized carbons (Fsp3) is 0.417. The van der Waals surface area contributed by atoms with Crippen LogP contribution in [0.1, 0.15) is 17.5 Å². The van der Waals surface area contributed by atoms with Gasteiger partial charge in [0.2, 0.25) is 5.91 Å². The molecular formula is C12H16N2O. The summed E-state index contributed by atoms with van der Waals surface area (Å²) in [6.45, 7) is 4.86. The second-order valence-electron chi connectivity index (χ2n) is 4.15. The third kappa shape index (κ3) is 1.75. The molecule has 2 rings (SSSR count). The first-order chi connectivity index (χ1) is 7.09. The van der Waals surface area contributed by atoms with Crippen molar-refractivity contribution in [1.82, 2.24) is 0 Å². The molecule has 80 valence electrons. The van der Waals surface area contributed by atoms with Crippen molar-refractivity contribution < 1.29 is 4.79 Å². The van der Waals surface area contributed by atoms with E-state index in [2.05, 4.69) is 13.8 Å². The Hall–Kier alpha value is -1.35. The topological polar surface area (TPSA) is 46.3 Å². The van der Waals surface area contributed by atoms with Crippen molar-refractivity contribution in [3.05, 3.63) is 29.3 Å². The molecular weight excluding hydrogens is 188 g/mol. The number of aryl methyl sites for hydroxylation is 2.